The Labute approximate surface area is 156 Å². The van der Waals surface area contributed by atoms with E-state index in [4.69, 9.17) is 9.72 Å². The smallest absolute Gasteiger partial charge is 0.125 e. The van der Waals surface area contributed by atoms with Gasteiger partial charge in [-0.1, -0.05) is 45.0 Å². The summed E-state index contributed by atoms with van der Waals surface area (Å²) in [6.07, 6.45) is 3.06. The van der Waals surface area contributed by atoms with Crippen molar-refractivity contribution in [3.05, 3.63) is 58.7 Å². The second kappa shape index (κ2) is 6.43. The van der Waals surface area contributed by atoms with Gasteiger partial charge in [0.25, 0.3) is 0 Å². The predicted octanol–water partition coefficient (Wildman–Crippen LogP) is 3.76. The molecule has 0 aliphatic carbocycles. The highest BCUT2D eigenvalue weighted by atomic mass is 16.5. The second-order valence-corrected chi connectivity index (χ2v) is 8.97. The number of fused-ring (bicyclic) bond motifs is 2. The van der Waals surface area contributed by atoms with Crippen LogP contribution in [0.15, 0.2) is 30.5 Å². The summed E-state index contributed by atoms with van der Waals surface area (Å²) >= 11 is 0. The largest absolute Gasteiger partial charge is 0.376 e. The van der Waals surface area contributed by atoms with E-state index in [-0.39, 0.29) is 10.8 Å². The number of likely N-dealkylation sites (tertiary alicyclic amines) is 1. The van der Waals surface area contributed by atoms with Crippen molar-refractivity contribution >= 4 is 0 Å². The molecule has 1 unspecified atom stereocenters. The van der Waals surface area contributed by atoms with E-state index in [9.17, 15) is 0 Å². The molecular weight excluding hydrogens is 322 g/mol. The first-order valence-electron chi connectivity index (χ1n) is 9.58. The van der Waals surface area contributed by atoms with E-state index in [1.807, 2.05) is 13.1 Å². The van der Waals surface area contributed by atoms with Crippen LogP contribution in [0, 0.1) is 6.92 Å². The molecule has 2 aliphatic heterocycles. The van der Waals surface area contributed by atoms with E-state index < -0.39 is 0 Å². The van der Waals surface area contributed by atoms with Crippen LogP contribution in [0.25, 0.3) is 0 Å². The molecule has 138 valence electrons. The van der Waals surface area contributed by atoms with Gasteiger partial charge in [0.15, 0.2) is 0 Å². The Hall–Kier alpha value is -1.78. The van der Waals surface area contributed by atoms with Crippen molar-refractivity contribution in [1.29, 1.82) is 0 Å². The second-order valence-electron chi connectivity index (χ2n) is 8.97. The van der Waals surface area contributed by atoms with Gasteiger partial charge in [0.05, 0.1) is 24.3 Å². The average Bonchev–Trinajstić information content (AvgIpc) is 2.99. The lowest BCUT2D eigenvalue weighted by Crippen LogP contribution is -2.40. The zero-order chi connectivity index (χ0) is 18.4. The summed E-state index contributed by atoms with van der Waals surface area (Å²) in [4.78, 5) is 11.7. The Kier molecular flexibility index (Phi) is 4.36. The minimum atomic E-state index is 0.0344. The fourth-order valence-corrected chi connectivity index (χ4v) is 4.26. The Morgan fingerprint density at radius 2 is 1.96 bits per heavy atom. The van der Waals surface area contributed by atoms with E-state index in [2.05, 4.69) is 54.9 Å². The standard InChI is InChI=1S/C22H29N3O/c1-16-23-11-18-13-26-15-22(20(18)24-16)9-10-25(14-22)12-17-5-7-19(8-6-17)21(2,3)4/h5-8,11H,9-10,12-15H2,1-4H3. The number of nitrogens with zero attached hydrogens (tertiary/aromatic N) is 3. The molecule has 2 aliphatic rings. The molecule has 2 aromatic rings. The number of aryl methyl sites for hydroxylation is 1. The Morgan fingerprint density at radius 1 is 1.19 bits per heavy atom. The molecule has 1 atom stereocenters. The third-order valence-corrected chi connectivity index (χ3v) is 5.78. The maximum Gasteiger partial charge on any atom is 0.125 e. The summed E-state index contributed by atoms with van der Waals surface area (Å²) in [7, 11) is 0. The van der Waals surface area contributed by atoms with E-state index >= 15 is 0 Å². The minimum absolute atomic E-state index is 0.0344. The highest BCUT2D eigenvalue weighted by Gasteiger charge is 2.44. The molecule has 4 heteroatoms. The van der Waals surface area contributed by atoms with Crippen LogP contribution >= 0.6 is 0 Å². The van der Waals surface area contributed by atoms with Crippen molar-refractivity contribution in [3.63, 3.8) is 0 Å². The van der Waals surface area contributed by atoms with Gasteiger partial charge in [0, 0.05) is 24.8 Å². The summed E-state index contributed by atoms with van der Waals surface area (Å²) in [5.74, 6) is 0.862. The normalized spacial score (nSPS) is 23.4. The molecule has 1 aromatic carbocycles. The van der Waals surface area contributed by atoms with Gasteiger partial charge in [-0.05, 0) is 36.4 Å². The summed E-state index contributed by atoms with van der Waals surface area (Å²) < 4.78 is 5.92. The molecule has 4 nitrogen and oxygen atoms in total. The van der Waals surface area contributed by atoms with Crippen LogP contribution in [0.2, 0.25) is 0 Å². The molecule has 0 radical (unpaired) electrons. The SMILES string of the molecule is Cc1ncc2c(n1)C1(CCN(Cc3ccc(C(C)(C)C)cc3)C1)COC2. The third kappa shape index (κ3) is 3.28. The quantitative estimate of drug-likeness (QED) is 0.826. The van der Waals surface area contributed by atoms with E-state index in [0.717, 1.165) is 38.5 Å². The fraction of sp³-hybridized carbons (Fsp3) is 0.545. The number of benzene rings is 1. The maximum absolute atomic E-state index is 5.92. The summed E-state index contributed by atoms with van der Waals surface area (Å²) in [6.45, 7) is 13.3. The van der Waals surface area contributed by atoms with Crippen molar-refractivity contribution in [1.82, 2.24) is 14.9 Å². The Balaban J connectivity index is 1.51. The summed E-state index contributed by atoms with van der Waals surface area (Å²) in [5.41, 5.74) is 5.40. The third-order valence-electron chi connectivity index (χ3n) is 5.78. The van der Waals surface area contributed by atoms with Crippen molar-refractivity contribution in [2.75, 3.05) is 19.7 Å². The van der Waals surface area contributed by atoms with Crippen molar-refractivity contribution in [3.8, 4) is 0 Å². The first-order chi connectivity index (χ1) is 12.4. The summed E-state index contributed by atoms with van der Waals surface area (Å²) in [5, 5.41) is 0. The molecule has 4 rings (SSSR count). The van der Waals surface area contributed by atoms with Gasteiger partial charge in [0.2, 0.25) is 0 Å². The van der Waals surface area contributed by atoms with Gasteiger partial charge in [-0.2, -0.15) is 0 Å². The lowest BCUT2D eigenvalue weighted by atomic mass is 9.80. The number of aromatic nitrogens is 2. The van der Waals surface area contributed by atoms with E-state index in [1.54, 1.807) is 0 Å². The number of hydrogen-bond acceptors (Lipinski definition) is 4. The Morgan fingerprint density at radius 3 is 2.69 bits per heavy atom. The molecule has 1 spiro atoms. The number of rotatable bonds is 2. The van der Waals surface area contributed by atoms with Gasteiger partial charge >= 0.3 is 0 Å². The first-order valence-corrected chi connectivity index (χ1v) is 9.58. The van der Waals surface area contributed by atoms with Gasteiger partial charge in [0.1, 0.15) is 5.82 Å². The molecule has 1 saturated heterocycles. The lowest BCUT2D eigenvalue weighted by Gasteiger charge is -2.34. The Bertz CT molecular complexity index is 794. The highest BCUT2D eigenvalue weighted by Crippen LogP contribution is 2.39. The number of hydrogen-bond donors (Lipinski definition) is 0. The maximum atomic E-state index is 5.92. The summed E-state index contributed by atoms with van der Waals surface area (Å²) in [6, 6.07) is 9.11. The predicted molar refractivity (Wildman–Crippen MR) is 103 cm³/mol. The monoisotopic (exact) mass is 351 g/mol. The van der Waals surface area contributed by atoms with Gasteiger partial charge in [-0.25, -0.2) is 9.97 Å². The molecular formula is C22H29N3O. The van der Waals surface area contributed by atoms with E-state index in [0.29, 0.717) is 6.61 Å². The molecule has 0 bridgehead atoms. The van der Waals surface area contributed by atoms with Crippen LogP contribution in [-0.4, -0.2) is 34.6 Å². The molecule has 3 heterocycles. The highest BCUT2D eigenvalue weighted by molar-refractivity contribution is 5.31. The van der Waals surface area contributed by atoms with Gasteiger partial charge in [-0.3, -0.25) is 4.90 Å². The van der Waals surface area contributed by atoms with Gasteiger partial charge in [-0.15, -0.1) is 0 Å². The molecule has 1 fully saturated rings. The molecule has 0 N–H and O–H groups in total. The molecule has 0 saturated carbocycles. The van der Waals surface area contributed by atoms with Crippen molar-refractivity contribution in [2.24, 2.45) is 0 Å². The number of ether oxygens (including phenoxy) is 1. The zero-order valence-corrected chi connectivity index (χ0v) is 16.4. The molecule has 26 heavy (non-hydrogen) atoms. The van der Waals surface area contributed by atoms with Crippen LogP contribution < -0.4 is 0 Å². The average molecular weight is 351 g/mol. The first kappa shape index (κ1) is 17.6. The molecule has 0 amide bonds. The van der Waals surface area contributed by atoms with Crippen LogP contribution in [0.4, 0.5) is 0 Å². The van der Waals surface area contributed by atoms with Crippen molar-refractivity contribution in [2.45, 2.75) is 58.1 Å². The van der Waals surface area contributed by atoms with Crippen LogP contribution in [-0.2, 0) is 28.7 Å². The van der Waals surface area contributed by atoms with Crippen LogP contribution in [0.3, 0.4) is 0 Å². The van der Waals surface area contributed by atoms with E-state index in [1.165, 1.54) is 22.4 Å². The van der Waals surface area contributed by atoms with Crippen LogP contribution in [0.5, 0.6) is 0 Å². The fourth-order valence-electron chi connectivity index (χ4n) is 4.26. The van der Waals surface area contributed by atoms with Crippen LogP contribution in [0.1, 0.15) is 55.4 Å². The molecule has 1 aromatic heterocycles. The zero-order valence-electron chi connectivity index (χ0n) is 16.4. The van der Waals surface area contributed by atoms with Gasteiger partial charge < -0.3 is 4.74 Å². The van der Waals surface area contributed by atoms with Crippen molar-refractivity contribution < 1.29 is 4.74 Å². The lowest BCUT2D eigenvalue weighted by molar-refractivity contribution is 0.0500. The minimum Gasteiger partial charge on any atom is -0.376 e. The topological polar surface area (TPSA) is 38.2 Å².